The second-order valence-corrected chi connectivity index (χ2v) is 9.69. The van der Waals surface area contributed by atoms with Crippen molar-refractivity contribution in [2.75, 3.05) is 38.1 Å². The van der Waals surface area contributed by atoms with Gasteiger partial charge in [-0.1, -0.05) is 36.8 Å². The van der Waals surface area contributed by atoms with Gasteiger partial charge in [-0.3, -0.25) is 10.2 Å². The summed E-state index contributed by atoms with van der Waals surface area (Å²) in [5, 5.41) is 17.7. The predicted octanol–water partition coefficient (Wildman–Crippen LogP) is 4.19. The molecule has 7 heteroatoms. The minimum atomic E-state index is -0.825. The van der Waals surface area contributed by atoms with Gasteiger partial charge >= 0.3 is 0 Å². The molecule has 3 atom stereocenters. The number of aromatic nitrogens is 1. The van der Waals surface area contributed by atoms with E-state index in [2.05, 4.69) is 32.8 Å². The van der Waals surface area contributed by atoms with Gasteiger partial charge in [0, 0.05) is 41.7 Å². The third-order valence-electron chi connectivity index (χ3n) is 7.35. The summed E-state index contributed by atoms with van der Waals surface area (Å²) in [5.74, 6) is 0.836. The van der Waals surface area contributed by atoms with Gasteiger partial charge in [-0.05, 0) is 56.1 Å². The molecular formula is C28H34N4O3. The second kappa shape index (κ2) is 10.0. The monoisotopic (exact) mass is 474 g/mol. The van der Waals surface area contributed by atoms with Crippen LogP contribution in [0.4, 0.5) is 5.69 Å². The van der Waals surface area contributed by atoms with E-state index in [0.29, 0.717) is 6.61 Å². The standard InChI is InChI=1S/C28H34N4O3/c33-27(19-8-10-20(11-9-19)34-17-16-32-14-4-1-5-15-32)31-24-7-3-2-6-21(24)23-18-30-25-22(23)12-13-29-28-26(25)35-28/h2-3,6-11,18,26-31,33H,1,4-5,12-17H2. The maximum Gasteiger partial charge on any atom is 0.150 e. The van der Waals surface area contributed by atoms with Crippen LogP contribution in [0.5, 0.6) is 5.75 Å². The lowest BCUT2D eigenvalue weighted by molar-refractivity contribution is 0.183. The molecule has 0 aliphatic carbocycles. The number of hydrogen-bond acceptors (Lipinski definition) is 6. The molecule has 3 unspecified atom stereocenters. The SMILES string of the molecule is OC(Nc1ccccc1-c1c[nH]c2c1CCNC1OC21)c1ccc(OCCN2CCCCC2)cc1. The zero-order valence-corrected chi connectivity index (χ0v) is 20.0. The minimum Gasteiger partial charge on any atom is -0.492 e. The van der Waals surface area contributed by atoms with E-state index in [9.17, 15) is 5.11 Å². The Morgan fingerprint density at radius 1 is 1.06 bits per heavy atom. The Morgan fingerprint density at radius 2 is 1.89 bits per heavy atom. The highest BCUT2D eigenvalue weighted by Crippen LogP contribution is 2.44. The summed E-state index contributed by atoms with van der Waals surface area (Å²) in [6, 6.07) is 15.9. The molecule has 35 heavy (non-hydrogen) atoms. The van der Waals surface area contributed by atoms with Crippen LogP contribution < -0.4 is 15.4 Å². The van der Waals surface area contributed by atoms with Crippen LogP contribution in [-0.2, 0) is 11.2 Å². The zero-order valence-electron chi connectivity index (χ0n) is 20.0. The minimum absolute atomic E-state index is 0.118. The summed E-state index contributed by atoms with van der Waals surface area (Å²) in [7, 11) is 0. The van der Waals surface area contributed by atoms with Crippen LogP contribution in [0, 0.1) is 0 Å². The topological polar surface area (TPSA) is 85.1 Å². The first-order valence-corrected chi connectivity index (χ1v) is 12.8. The summed E-state index contributed by atoms with van der Waals surface area (Å²) in [4.78, 5) is 5.91. The number of nitrogens with zero attached hydrogens (tertiary/aromatic N) is 1. The van der Waals surface area contributed by atoms with Crippen molar-refractivity contribution in [3.05, 3.63) is 71.5 Å². The Balaban J connectivity index is 1.11. The van der Waals surface area contributed by atoms with Gasteiger partial charge in [-0.2, -0.15) is 0 Å². The molecule has 3 aliphatic rings. The van der Waals surface area contributed by atoms with E-state index < -0.39 is 6.23 Å². The summed E-state index contributed by atoms with van der Waals surface area (Å²) >= 11 is 0. The molecular weight excluding hydrogens is 440 g/mol. The summed E-state index contributed by atoms with van der Waals surface area (Å²) in [6.45, 7) is 4.91. The Hall–Kier alpha value is -2.84. The van der Waals surface area contributed by atoms with Gasteiger partial charge in [0.05, 0.1) is 5.69 Å². The Labute approximate surface area is 206 Å². The number of likely N-dealkylation sites (tertiary alicyclic amines) is 1. The quantitative estimate of drug-likeness (QED) is 0.289. The smallest absolute Gasteiger partial charge is 0.150 e. The molecule has 2 fully saturated rings. The largest absolute Gasteiger partial charge is 0.492 e. The lowest BCUT2D eigenvalue weighted by Crippen LogP contribution is -2.33. The maximum absolute atomic E-state index is 11.0. The first-order chi connectivity index (χ1) is 17.3. The van der Waals surface area contributed by atoms with Crippen molar-refractivity contribution in [3.8, 4) is 16.9 Å². The molecule has 0 bridgehead atoms. The molecule has 0 saturated carbocycles. The molecule has 7 nitrogen and oxygen atoms in total. The molecule has 4 heterocycles. The van der Waals surface area contributed by atoms with Crippen molar-refractivity contribution in [1.29, 1.82) is 0 Å². The highest BCUT2D eigenvalue weighted by atomic mass is 16.6. The third-order valence-corrected chi connectivity index (χ3v) is 7.35. The number of para-hydroxylation sites is 1. The zero-order chi connectivity index (χ0) is 23.6. The average Bonchev–Trinajstić information content (AvgIpc) is 3.58. The molecule has 4 N–H and O–H groups in total. The maximum atomic E-state index is 11.0. The number of aliphatic hydroxyl groups excluding tert-OH is 1. The van der Waals surface area contributed by atoms with Crippen molar-refractivity contribution in [3.63, 3.8) is 0 Å². The highest BCUT2D eigenvalue weighted by Gasteiger charge is 2.44. The molecule has 6 rings (SSSR count). The predicted molar refractivity (Wildman–Crippen MR) is 136 cm³/mol. The van der Waals surface area contributed by atoms with Crippen LogP contribution >= 0.6 is 0 Å². The van der Waals surface area contributed by atoms with E-state index in [1.165, 1.54) is 43.6 Å². The number of anilines is 1. The molecule has 0 spiro atoms. The number of fused-ring (bicyclic) bond motifs is 3. The Morgan fingerprint density at radius 3 is 2.74 bits per heavy atom. The number of rotatable bonds is 8. The van der Waals surface area contributed by atoms with E-state index >= 15 is 0 Å². The van der Waals surface area contributed by atoms with E-state index in [-0.39, 0.29) is 12.3 Å². The van der Waals surface area contributed by atoms with Gasteiger partial charge < -0.3 is 24.9 Å². The molecule has 2 aromatic carbocycles. The number of hydrogen-bond donors (Lipinski definition) is 4. The Kier molecular flexibility index (Phi) is 6.48. The molecule has 1 aromatic heterocycles. The number of aromatic amines is 1. The fraction of sp³-hybridized carbons (Fsp3) is 0.429. The van der Waals surface area contributed by atoms with Crippen molar-refractivity contribution < 1.29 is 14.6 Å². The molecule has 0 radical (unpaired) electrons. The lowest BCUT2D eigenvalue weighted by Gasteiger charge is -2.26. The molecule has 0 amide bonds. The van der Waals surface area contributed by atoms with Crippen molar-refractivity contribution in [2.24, 2.45) is 0 Å². The van der Waals surface area contributed by atoms with Gasteiger partial charge in [-0.15, -0.1) is 0 Å². The number of aliphatic hydroxyl groups is 1. The number of H-pyrrole nitrogens is 1. The highest BCUT2D eigenvalue weighted by molar-refractivity contribution is 5.80. The lowest BCUT2D eigenvalue weighted by atomic mass is 9.98. The van der Waals surface area contributed by atoms with Crippen molar-refractivity contribution in [2.45, 2.75) is 44.2 Å². The van der Waals surface area contributed by atoms with Crippen LogP contribution in [0.25, 0.3) is 11.1 Å². The Bertz CT molecular complexity index is 1140. The van der Waals surface area contributed by atoms with Crippen LogP contribution in [0.15, 0.2) is 54.7 Å². The van der Waals surface area contributed by atoms with E-state index in [1.54, 1.807) is 0 Å². The summed E-state index contributed by atoms with van der Waals surface area (Å²) in [5.41, 5.74) is 6.38. The van der Waals surface area contributed by atoms with Gasteiger partial charge in [0.15, 0.2) is 6.23 Å². The van der Waals surface area contributed by atoms with E-state index in [1.807, 2.05) is 42.5 Å². The summed E-state index contributed by atoms with van der Waals surface area (Å²) in [6.07, 6.45) is 6.37. The van der Waals surface area contributed by atoms with Gasteiger partial charge in [0.2, 0.25) is 0 Å². The number of benzene rings is 2. The second-order valence-electron chi connectivity index (χ2n) is 9.69. The van der Waals surface area contributed by atoms with Crippen LogP contribution in [0.2, 0.25) is 0 Å². The first kappa shape index (κ1) is 22.6. The fourth-order valence-corrected chi connectivity index (χ4v) is 5.36. The van der Waals surface area contributed by atoms with Crippen LogP contribution in [0.1, 0.15) is 48.4 Å². The molecule has 184 valence electrons. The van der Waals surface area contributed by atoms with Gasteiger partial charge in [0.25, 0.3) is 0 Å². The number of piperidine rings is 1. The number of ether oxygens (including phenoxy) is 2. The first-order valence-electron chi connectivity index (χ1n) is 12.8. The van der Waals surface area contributed by atoms with Gasteiger partial charge in [0.1, 0.15) is 24.7 Å². The number of epoxide rings is 1. The fourth-order valence-electron chi connectivity index (χ4n) is 5.36. The average molecular weight is 475 g/mol. The van der Waals surface area contributed by atoms with Crippen molar-refractivity contribution in [1.82, 2.24) is 15.2 Å². The molecule has 3 aliphatic heterocycles. The van der Waals surface area contributed by atoms with E-state index in [0.717, 1.165) is 47.6 Å². The normalized spacial score (nSPS) is 22.5. The van der Waals surface area contributed by atoms with Crippen molar-refractivity contribution >= 4 is 5.69 Å². The van der Waals surface area contributed by atoms with E-state index in [4.69, 9.17) is 9.47 Å². The summed E-state index contributed by atoms with van der Waals surface area (Å²) < 4.78 is 11.7. The third kappa shape index (κ3) is 4.95. The van der Waals surface area contributed by atoms with Gasteiger partial charge in [-0.25, -0.2) is 0 Å². The molecule has 3 aromatic rings. The molecule has 2 saturated heterocycles. The number of nitrogens with one attached hydrogen (secondary N) is 3. The van der Waals surface area contributed by atoms with Crippen LogP contribution in [-0.4, -0.2) is 54.0 Å². The van der Waals surface area contributed by atoms with Crippen LogP contribution in [0.3, 0.4) is 0 Å².